The van der Waals surface area contributed by atoms with Gasteiger partial charge in [0.1, 0.15) is 29.5 Å². The Kier molecular flexibility index (Phi) is 8.64. The number of carboxylic acid groups (broad SMARTS) is 1. The maximum atomic E-state index is 13.2. The summed E-state index contributed by atoms with van der Waals surface area (Å²) in [6, 6.07) is 25.2. The van der Waals surface area contributed by atoms with Crippen LogP contribution in [0.4, 0.5) is 0 Å². The van der Waals surface area contributed by atoms with Gasteiger partial charge in [-0.1, -0.05) is 49.4 Å². The highest BCUT2D eigenvalue weighted by Gasteiger charge is 2.50. The number of aliphatic hydroxyl groups is 1. The van der Waals surface area contributed by atoms with Crippen molar-refractivity contribution in [2.45, 2.75) is 25.6 Å². The molecule has 4 aromatic carbocycles. The molecule has 1 aliphatic carbocycles. The smallest absolute Gasteiger partial charge is 0.335 e. The minimum atomic E-state index is -2.03. The minimum Gasteiger partial charge on any atom is -0.497 e. The first kappa shape index (κ1) is 30.1. The zero-order valence-electron chi connectivity index (χ0n) is 25.1. The molecule has 0 aromatic heterocycles. The van der Waals surface area contributed by atoms with Crippen LogP contribution in [0, 0.1) is 0 Å². The van der Waals surface area contributed by atoms with Gasteiger partial charge in [0, 0.05) is 22.8 Å². The molecule has 2 N–H and O–H groups in total. The van der Waals surface area contributed by atoms with Gasteiger partial charge < -0.3 is 38.6 Å². The molecule has 2 aliphatic rings. The summed E-state index contributed by atoms with van der Waals surface area (Å²) in [7, 11) is 1.55. The quantitative estimate of drug-likeness (QED) is 0.178. The van der Waals surface area contributed by atoms with Crippen molar-refractivity contribution in [1.29, 1.82) is 0 Å². The second-order valence-electron chi connectivity index (χ2n) is 10.6. The molecule has 0 bridgehead atoms. The first-order valence-corrected chi connectivity index (χ1v) is 14.7. The van der Waals surface area contributed by atoms with E-state index in [-0.39, 0.29) is 19.0 Å². The molecule has 0 radical (unpaired) electrons. The molecule has 6 rings (SSSR count). The van der Waals surface area contributed by atoms with Crippen LogP contribution in [0.3, 0.4) is 0 Å². The van der Waals surface area contributed by atoms with E-state index < -0.39 is 11.6 Å². The molecule has 9 heteroatoms. The third-order valence-electron chi connectivity index (χ3n) is 7.79. The number of ether oxygens (including phenoxy) is 6. The number of aliphatic carboxylic acids is 1. The highest BCUT2D eigenvalue weighted by atomic mass is 16.7. The molecule has 1 aliphatic heterocycles. The SMILES string of the molecule is CCCOc1ccc2c(c1)C(c1ccc(OC)cc1OCCOCc1ccccc1)=C(C(=O)O)C2(O)c1ccc2c(c1)OCO2. The predicted octanol–water partition coefficient (Wildman–Crippen LogP) is 5.94. The van der Waals surface area contributed by atoms with Crippen LogP contribution in [0.5, 0.6) is 28.7 Å². The van der Waals surface area contributed by atoms with E-state index in [0.717, 1.165) is 12.0 Å². The van der Waals surface area contributed by atoms with Crippen LogP contribution in [0.2, 0.25) is 0 Å². The van der Waals surface area contributed by atoms with Crippen LogP contribution in [0.1, 0.15) is 41.2 Å². The molecule has 0 fully saturated rings. The molecule has 0 saturated heterocycles. The zero-order chi connectivity index (χ0) is 31.4. The topological polar surface area (TPSA) is 113 Å². The molecule has 232 valence electrons. The van der Waals surface area contributed by atoms with Gasteiger partial charge in [0.05, 0.1) is 32.5 Å². The lowest BCUT2D eigenvalue weighted by Gasteiger charge is -2.27. The molecule has 9 nitrogen and oxygen atoms in total. The number of benzene rings is 4. The third kappa shape index (κ3) is 5.80. The molecule has 0 saturated carbocycles. The number of hydrogen-bond acceptors (Lipinski definition) is 8. The standard InChI is InChI=1S/C36H34O9/c1-3-15-42-26-11-13-29-28(19-26)33(34(35(37)38)36(29,39)24-9-14-30-32(18-24)45-22-44-30)27-12-10-25(40-2)20-31(27)43-17-16-41-21-23-7-5-4-6-8-23/h4-14,18-20,39H,3,15-17,21-22H2,1-2H3,(H,37,38). The van der Waals surface area contributed by atoms with E-state index >= 15 is 0 Å². The van der Waals surface area contributed by atoms with E-state index in [9.17, 15) is 15.0 Å². The Morgan fingerprint density at radius 1 is 0.844 bits per heavy atom. The van der Waals surface area contributed by atoms with Crippen molar-refractivity contribution in [1.82, 2.24) is 0 Å². The van der Waals surface area contributed by atoms with E-state index in [1.54, 1.807) is 61.7 Å². The van der Waals surface area contributed by atoms with Crippen LogP contribution >= 0.6 is 0 Å². The van der Waals surface area contributed by atoms with Gasteiger partial charge >= 0.3 is 5.97 Å². The molecule has 45 heavy (non-hydrogen) atoms. The average Bonchev–Trinajstić information content (AvgIpc) is 3.64. The lowest BCUT2D eigenvalue weighted by molar-refractivity contribution is -0.134. The van der Waals surface area contributed by atoms with Crippen molar-refractivity contribution >= 4 is 11.5 Å². The van der Waals surface area contributed by atoms with Crippen molar-refractivity contribution < 1.29 is 43.4 Å². The van der Waals surface area contributed by atoms with Crippen molar-refractivity contribution in [2.24, 2.45) is 0 Å². The fraction of sp³-hybridized carbons (Fsp3) is 0.250. The summed E-state index contributed by atoms with van der Waals surface area (Å²) in [6.07, 6.45) is 0.796. The second-order valence-corrected chi connectivity index (χ2v) is 10.6. The van der Waals surface area contributed by atoms with Crippen molar-refractivity contribution in [3.63, 3.8) is 0 Å². The van der Waals surface area contributed by atoms with E-state index in [4.69, 9.17) is 28.4 Å². The van der Waals surface area contributed by atoms with Crippen LogP contribution in [-0.4, -0.2) is 49.9 Å². The van der Waals surface area contributed by atoms with Crippen LogP contribution in [0.25, 0.3) is 5.57 Å². The lowest BCUT2D eigenvalue weighted by Crippen LogP contribution is -2.31. The van der Waals surface area contributed by atoms with Gasteiger partial charge in [0.25, 0.3) is 0 Å². The summed E-state index contributed by atoms with van der Waals surface area (Å²) in [5.41, 5.74) is 0.803. The van der Waals surface area contributed by atoms with Gasteiger partial charge in [-0.25, -0.2) is 4.79 Å². The van der Waals surface area contributed by atoms with Crippen molar-refractivity contribution in [3.8, 4) is 28.7 Å². The van der Waals surface area contributed by atoms with Crippen LogP contribution in [0.15, 0.2) is 90.5 Å². The van der Waals surface area contributed by atoms with Gasteiger partial charge in [0.15, 0.2) is 11.5 Å². The maximum Gasteiger partial charge on any atom is 0.335 e. The molecule has 1 heterocycles. The number of carboxylic acids is 1. The summed E-state index contributed by atoms with van der Waals surface area (Å²) >= 11 is 0. The Hall–Kier alpha value is -4.99. The predicted molar refractivity (Wildman–Crippen MR) is 166 cm³/mol. The van der Waals surface area contributed by atoms with Crippen LogP contribution < -0.4 is 23.7 Å². The molecular formula is C36H34O9. The third-order valence-corrected chi connectivity index (χ3v) is 7.79. The van der Waals surface area contributed by atoms with Gasteiger partial charge in [-0.15, -0.1) is 0 Å². The average molecular weight is 611 g/mol. The number of hydrogen-bond donors (Lipinski definition) is 2. The van der Waals surface area contributed by atoms with Gasteiger partial charge in [-0.3, -0.25) is 0 Å². The zero-order valence-corrected chi connectivity index (χ0v) is 25.1. The van der Waals surface area contributed by atoms with E-state index in [1.807, 2.05) is 37.3 Å². The summed E-state index contributed by atoms with van der Waals surface area (Å²) in [5, 5.41) is 23.3. The minimum absolute atomic E-state index is 0.0421. The molecule has 0 amide bonds. The van der Waals surface area contributed by atoms with Crippen LogP contribution in [-0.2, 0) is 21.7 Å². The lowest BCUT2D eigenvalue weighted by atomic mass is 9.82. The Morgan fingerprint density at radius 2 is 1.64 bits per heavy atom. The van der Waals surface area contributed by atoms with E-state index in [2.05, 4.69) is 0 Å². The number of carbonyl (C=O) groups is 1. The number of methoxy groups -OCH3 is 1. The highest BCUT2D eigenvalue weighted by molar-refractivity contribution is 6.08. The Bertz CT molecular complexity index is 1730. The summed E-state index contributed by atoms with van der Waals surface area (Å²) in [4.78, 5) is 13.2. The first-order chi connectivity index (χ1) is 21.9. The van der Waals surface area contributed by atoms with E-state index in [1.165, 1.54) is 0 Å². The fourth-order valence-electron chi connectivity index (χ4n) is 5.70. The Balaban J connectivity index is 1.44. The Labute approximate surface area is 261 Å². The maximum absolute atomic E-state index is 13.2. The highest BCUT2D eigenvalue weighted by Crippen LogP contribution is 2.54. The van der Waals surface area contributed by atoms with Crippen molar-refractivity contribution in [3.05, 3.63) is 118 Å². The molecule has 1 unspecified atom stereocenters. The molecular weight excluding hydrogens is 576 g/mol. The van der Waals surface area contributed by atoms with Gasteiger partial charge in [-0.2, -0.15) is 0 Å². The monoisotopic (exact) mass is 610 g/mol. The largest absolute Gasteiger partial charge is 0.497 e. The van der Waals surface area contributed by atoms with E-state index in [0.29, 0.717) is 76.4 Å². The fourth-order valence-corrected chi connectivity index (χ4v) is 5.70. The second kappa shape index (κ2) is 12.9. The van der Waals surface area contributed by atoms with Gasteiger partial charge in [-0.05, 0) is 59.5 Å². The molecule has 0 spiro atoms. The first-order valence-electron chi connectivity index (χ1n) is 14.7. The molecule has 1 atom stereocenters. The normalized spacial score (nSPS) is 16.4. The van der Waals surface area contributed by atoms with Gasteiger partial charge in [0.2, 0.25) is 6.79 Å². The Morgan fingerprint density at radius 3 is 2.42 bits per heavy atom. The summed E-state index contributed by atoms with van der Waals surface area (Å²) in [6.45, 7) is 3.45. The summed E-state index contributed by atoms with van der Waals surface area (Å²) < 4.78 is 34.5. The number of fused-ring (bicyclic) bond motifs is 2. The number of rotatable bonds is 13. The summed E-state index contributed by atoms with van der Waals surface area (Å²) in [5.74, 6) is 1.12. The van der Waals surface area contributed by atoms with Crippen molar-refractivity contribution in [2.75, 3.05) is 33.7 Å². The molecule has 4 aromatic rings.